The Hall–Kier alpha value is -2.40. The van der Waals surface area contributed by atoms with Gasteiger partial charge in [-0.3, -0.25) is 0 Å². The van der Waals surface area contributed by atoms with Crippen LogP contribution in [0.4, 0.5) is 0 Å². The number of methoxy groups -OCH3 is 1. The van der Waals surface area contributed by atoms with Crippen molar-refractivity contribution in [3.63, 3.8) is 0 Å². The van der Waals surface area contributed by atoms with E-state index in [-0.39, 0.29) is 18.6 Å². The van der Waals surface area contributed by atoms with E-state index in [1.807, 2.05) is 6.07 Å². The van der Waals surface area contributed by atoms with Gasteiger partial charge >= 0.3 is 0 Å². The molecule has 118 valence electrons. The summed E-state index contributed by atoms with van der Waals surface area (Å²) in [6.07, 6.45) is 1.84. The van der Waals surface area contributed by atoms with Crippen LogP contribution >= 0.6 is 0 Å². The van der Waals surface area contributed by atoms with E-state index in [2.05, 4.69) is 11.4 Å². The highest BCUT2D eigenvalue weighted by Crippen LogP contribution is 2.55. The summed E-state index contributed by atoms with van der Waals surface area (Å²) in [7, 11) is 1.59. The smallest absolute Gasteiger partial charge is 0.231 e. The van der Waals surface area contributed by atoms with Crippen molar-refractivity contribution in [2.24, 2.45) is 0 Å². The summed E-state index contributed by atoms with van der Waals surface area (Å²) >= 11 is 0. The average molecular weight is 311 g/mol. The van der Waals surface area contributed by atoms with Gasteiger partial charge in [0, 0.05) is 17.2 Å². The Kier molecular flexibility index (Phi) is 2.59. The molecule has 1 atom stereocenters. The van der Waals surface area contributed by atoms with Gasteiger partial charge in [0.2, 0.25) is 6.79 Å². The lowest BCUT2D eigenvalue weighted by atomic mass is 9.77. The Morgan fingerprint density at radius 1 is 1.22 bits per heavy atom. The highest BCUT2D eigenvalue weighted by atomic mass is 16.7. The molecule has 0 aromatic heterocycles. The van der Waals surface area contributed by atoms with Gasteiger partial charge in [0.05, 0.1) is 7.11 Å². The lowest BCUT2D eigenvalue weighted by Gasteiger charge is -2.35. The first-order valence-electron chi connectivity index (χ1n) is 7.86. The number of rotatable bonds is 1. The van der Waals surface area contributed by atoms with Crippen LogP contribution in [0.5, 0.6) is 23.0 Å². The van der Waals surface area contributed by atoms with E-state index in [1.165, 1.54) is 11.1 Å². The predicted octanol–water partition coefficient (Wildman–Crippen LogP) is 2.54. The van der Waals surface area contributed by atoms with E-state index < -0.39 is 0 Å². The van der Waals surface area contributed by atoms with Crippen LogP contribution in [-0.4, -0.2) is 25.6 Å². The second kappa shape index (κ2) is 4.55. The number of hydrogen-bond acceptors (Lipinski definition) is 5. The van der Waals surface area contributed by atoms with Gasteiger partial charge in [-0.05, 0) is 48.2 Å². The minimum atomic E-state index is 0.152. The zero-order valence-electron chi connectivity index (χ0n) is 12.8. The van der Waals surface area contributed by atoms with Crippen molar-refractivity contribution in [2.45, 2.75) is 18.9 Å². The zero-order chi connectivity index (χ0) is 15.6. The molecule has 1 aliphatic carbocycles. The molecule has 2 aromatic carbocycles. The Balaban J connectivity index is 1.91. The molecule has 1 unspecified atom stereocenters. The fraction of sp³-hybridized carbons (Fsp3) is 0.333. The molecule has 2 heterocycles. The number of aromatic hydroxyl groups is 1. The van der Waals surface area contributed by atoms with Crippen LogP contribution in [-0.2, 0) is 12.8 Å². The van der Waals surface area contributed by atoms with E-state index in [0.29, 0.717) is 5.75 Å². The normalized spacial score (nSPS) is 20.0. The molecule has 5 rings (SSSR count). The van der Waals surface area contributed by atoms with E-state index in [0.717, 1.165) is 47.6 Å². The number of nitrogens with one attached hydrogen (secondary N) is 1. The quantitative estimate of drug-likeness (QED) is 0.847. The van der Waals surface area contributed by atoms with Gasteiger partial charge in [-0.1, -0.05) is 6.07 Å². The first-order valence-corrected chi connectivity index (χ1v) is 7.86. The molecule has 0 fully saturated rings. The first kappa shape index (κ1) is 13.1. The van der Waals surface area contributed by atoms with Gasteiger partial charge in [0.15, 0.2) is 23.0 Å². The van der Waals surface area contributed by atoms with Gasteiger partial charge in [0.25, 0.3) is 0 Å². The van der Waals surface area contributed by atoms with Crippen molar-refractivity contribution in [2.75, 3.05) is 20.4 Å². The summed E-state index contributed by atoms with van der Waals surface area (Å²) in [5.74, 6) is 2.22. The van der Waals surface area contributed by atoms with Crippen LogP contribution in [0.25, 0.3) is 11.1 Å². The average Bonchev–Trinajstić information content (AvgIpc) is 3.03. The number of benzene rings is 2. The summed E-state index contributed by atoms with van der Waals surface area (Å²) in [6.45, 7) is 1.20. The highest BCUT2D eigenvalue weighted by molar-refractivity contribution is 5.88. The van der Waals surface area contributed by atoms with Crippen molar-refractivity contribution < 1.29 is 19.3 Å². The molecule has 0 bridgehead atoms. The van der Waals surface area contributed by atoms with Crippen molar-refractivity contribution in [1.82, 2.24) is 5.32 Å². The van der Waals surface area contributed by atoms with Crippen LogP contribution in [0.15, 0.2) is 18.2 Å². The maximum absolute atomic E-state index is 10.2. The molecule has 5 nitrogen and oxygen atoms in total. The molecule has 3 aliphatic rings. The Morgan fingerprint density at radius 2 is 2.13 bits per heavy atom. The van der Waals surface area contributed by atoms with E-state index in [9.17, 15) is 5.11 Å². The highest BCUT2D eigenvalue weighted by Gasteiger charge is 2.37. The minimum absolute atomic E-state index is 0.152. The molecule has 2 aliphatic heterocycles. The third-order valence-electron chi connectivity index (χ3n) is 5.02. The fourth-order valence-electron chi connectivity index (χ4n) is 4.10. The maximum Gasteiger partial charge on any atom is 0.231 e. The largest absolute Gasteiger partial charge is 0.504 e. The summed E-state index contributed by atoms with van der Waals surface area (Å²) in [5.41, 5.74) is 5.66. The van der Waals surface area contributed by atoms with Gasteiger partial charge < -0.3 is 24.6 Å². The number of phenolic OH excluding ortho intramolecular Hbond substituents is 1. The Bertz CT molecular complexity index is 831. The molecule has 0 radical (unpaired) electrons. The molecule has 0 saturated heterocycles. The summed E-state index contributed by atoms with van der Waals surface area (Å²) in [6, 6.07) is 6.05. The second-order valence-electron chi connectivity index (χ2n) is 6.17. The molecule has 23 heavy (non-hydrogen) atoms. The standard InChI is InChI=1S/C18H17NO4/c1-21-17-12(20)3-2-9-6-11-14-10(4-5-19-11)7-13-18(23-8-22-13)16(14)15(9)17/h2-3,7,11,19-20H,4-6,8H2,1H3. The van der Waals surface area contributed by atoms with E-state index in [4.69, 9.17) is 14.2 Å². The van der Waals surface area contributed by atoms with Crippen LogP contribution in [0.3, 0.4) is 0 Å². The zero-order valence-corrected chi connectivity index (χ0v) is 12.8. The SMILES string of the molecule is COc1c(O)ccc2c1-c1c3c(cc4c1C(C2)NCC4)OCO3. The summed E-state index contributed by atoms with van der Waals surface area (Å²) in [4.78, 5) is 0. The monoisotopic (exact) mass is 311 g/mol. The molecular formula is C18H17NO4. The Labute approximate surface area is 133 Å². The molecule has 2 N–H and O–H groups in total. The molecular weight excluding hydrogens is 294 g/mol. The van der Waals surface area contributed by atoms with Gasteiger partial charge in [-0.15, -0.1) is 0 Å². The molecule has 2 aromatic rings. The lowest BCUT2D eigenvalue weighted by Crippen LogP contribution is -2.33. The minimum Gasteiger partial charge on any atom is -0.504 e. The van der Waals surface area contributed by atoms with Crippen LogP contribution in [0, 0.1) is 0 Å². The van der Waals surface area contributed by atoms with Crippen molar-refractivity contribution in [1.29, 1.82) is 0 Å². The van der Waals surface area contributed by atoms with Crippen LogP contribution in [0.1, 0.15) is 22.7 Å². The maximum atomic E-state index is 10.2. The fourth-order valence-corrected chi connectivity index (χ4v) is 4.10. The summed E-state index contributed by atoms with van der Waals surface area (Å²) in [5, 5.41) is 13.8. The molecule has 5 heteroatoms. The van der Waals surface area contributed by atoms with E-state index >= 15 is 0 Å². The van der Waals surface area contributed by atoms with E-state index in [1.54, 1.807) is 13.2 Å². The Morgan fingerprint density at radius 3 is 3.00 bits per heavy atom. The lowest BCUT2D eigenvalue weighted by molar-refractivity contribution is 0.174. The topological polar surface area (TPSA) is 60.0 Å². The number of ether oxygens (including phenoxy) is 3. The van der Waals surface area contributed by atoms with Crippen molar-refractivity contribution in [3.05, 3.63) is 34.9 Å². The third-order valence-corrected chi connectivity index (χ3v) is 5.02. The van der Waals surface area contributed by atoms with Crippen LogP contribution in [0.2, 0.25) is 0 Å². The van der Waals surface area contributed by atoms with Gasteiger partial charge in [0.1, 0.15) is 0 Å². The molecule has 0 saturated carbocycles. The predicted molar refractivity (Wildman–Crippen MR) is 84.4 cm³/mol. The number of hydrogen-bond donors (Lipinski definition) is 2. The first-order chi connectivity index (χ1) is 11.3. The van der Waals surface area contributed by atoms with Gasteiger partial charge in [-0.25, -0.2) is 0 Å². The number of fused-ring (bicyclic) bond motifs is 4. The van der Waals surface area contributed by atoms with Crippen LogP contribution < -0.4 is 19.5 Å². The van der Waals surface area contributed by atoms with Crippen molar-refractivity contribution >= 4 is 0 Å². The van der Waals surface area contributed by atoms with Gasteiger partial charge in [-0.2, -0.15) is 0 Å². The second-order valence-corrected chi connectivity index (χ2v) is 6.17. The molecule has 0 amide bonds. The van der Waals surface area contributed by atoms with Crippen molar-refractivity contribution in [3.8, 4) is 34.1 Å². The summed E-state index contributed by atoms with van der Waals surface area (Å²) < 4.78 is 16.9. The third kappa shape index (κ3) is 1.65. The molecule has 0 spiro atoms. The number of phenols is 1.